The highest BCUT2D eigenvalue weighted by atomic mass is 35.5. The first-order valence-corrected chi connectivity index (χ1v) is 8.05. The molecule has 2 rings (SSSR count). The Bertz CT molecular complexity index is 498. The van der Waals surface area contributed by atoms with Gasteiger partial charge in [-0.25, -0.2) is 4.98 Å². The van der Waals surface area contributed by atoms with Gasteiger partial charge in [0.05, 0.1) is 0 Å². The van der Waals surface area contributed by atoms with Crippen molar-refractivity contribution in [2.75, 3.05) is 19.6 Å². The number of nitrogens with zero attached hydrogens (tertiary/aromatic N) is 2. The van der Waals surface area contributed by atoms with E-state index in [1.54, 1.807) is 6.07 Å². The van der Waals surface area contributed by atoms with E-state index in [9.17, 15) is 4.79 Å². The largest absolute Gasteiger partial charge is 0.350 e. The van der Waals surface area contributed by atoms with Gasteiger partial charge in [-0.2, -0.15) is 0 Å². The van der Waals surface area contributed by atoms with Crippen LogP contribution in [0, 0.1) is 0 Å². The summed E-state index contributed by atoms with van der Waals surface area (Å²) < 4.78 is 0. The molecule has 21 heavy (non-hydrogen) atoms. The van der Waals surface area contributed by atoms with Crippen LogP contribution >= 0.6 is 11.6 Å². The van der Waals surface area contributed by atoms with Gasteiger partial charge in [0.1, 0.15) is 5.15 Å². The minimum Gasteiger partial charge on any atom is -0.350 e. The minimum atomic E-state index is -0.0766. The Hall–Kier alpha value is -1.13. The van der Waals surface area contributed by atoms with Gasteiger partial charge >= 0.3 is 0 Å². The molecule has 0 spiro atoms. The molecule has 1 unspecified atom stereocenters. The summed E-state index contributed by atoms with van der Waals surface area (Å²) in [6.45, 7) is 9.16. The number of amides is 1. The maximum atomic E-state index is 12.3. The second-order valence-corrected chi connectivity index (χ2v) is 6.45. The molecule has 1 amide bonds. The molecule has 1 aromatic heterocycles. The average molecular weight is 310 g/mol. The highest BCUT2D eigenvalue weighted by Crippen LogP contribution is 2.18. The molecule has 0 saturated carbocycles. The standard InChI is InChI=1S/C16H24ClN3O/c1-11(2)14-8-13(9-15(17)19-14)16(21)18-10-12(3)20-6-4-5-7-20/h8-9,11-12H,4-7,10H2,1-3H3,(H,18,21). The number of pyridine rings is 1. The summed E-state index contributed by atoms with van der Waals surface area (Å²) in [4.78, 5) is 18.9. The van der Waals surface area contributed by atoms with Crippen LogP contribution in [-0.4, -0.2) is 41.5 Å². The molecule has 4 nitrogen and oxygen atoms in total. The van der Waals surface area contributed by atoms with E-state index in [2.05, 4.69) is 22.1 Å². The molecule has 116 valence electrons. The molecule has 1 aliphatic rings. The van der Waals surface area contributed by atoms with Gasteiger partial charge in [-0.15, -0.1) is 0 Å². The summed E-state index contributed by atoms with van der Waals surface area (Å²) in [5, 5.41) is 3.38. The van der Waals surface area contributed by atoms with Gasteiger partial charge in [-0.1, -0.05) is 25.4 Å². The number of hydrogen-bond donors (Lipinski definition) is 1. The van der Waals surface area contributed by atoms with Crippen molar-refractivity contribution in [3.63, 3.8) is 0 Å². The highest BCUT2D eigenvalue weighted by Gasteiger charge is 2.19. The first-order valence-electron chi connectivity index (χ1n) is 7.67. The Kier molecular flexibility index (Phi) is 5.59. The number of carbonyl (C=O) groups excluding carboxylic acids is 1. The number of hydrogen-bond acceptors (Lipinski definition) is 3. The number of carbonyl (C=O) groups is 1. The van der Waals surface area contributed by atoms with Gasteiger partial charge in [-0.3, -0.25) is 9.69 Å². The second kappa shape index (κ2) is 7.23. The Morgan fingerprint density at radius 2 is 2.00 bits per heavy atom. The Balaban J connectivity index is 1.96. The van der Waals surface area contributed by atoms with E-state index in [0.29, 0.717) is 23.3 Å². The van der Waals surface area contributed by atoms with Gasteiger partial charge in [0.25, 0.3) is 5.91 Å². The van der Waals surface area contributed by atoms with Crippen molar-refractivity contribution < 1.29 is 4.79 Å². The molecule has 1 aromatic rings. The lowest BCUT2D eigenvalue weighted by molar-refractivity contribution is 0.0940. The average Bonchev–Trinajstić information content (AvgIpc) is 2.97. The van der Waals surface area contributed by atoms with E-state index >= 15 is 0 Å². The molecular weight excluding hydrogens is 286 g/mol. The lowest BCUT2D eigenvalue weighted by Crippen LogP contribution is -2.40. The molecule has 0 radical (unpaired) electrons. The summed E-state index contributed by atoms with van der Waals surface area (Å²) in [6, 6.07) is 3.83. The molecule has 0 aliphatic carbocycles. The molecule has 0 bridgehead atoms. The van der Waals surface area contributed by atoms with Gasteiger partial charge in [0.2, 0.25) is 0 Å². The van der Waals surface area contributed by atoms with Crippen LogP contribution in [0.25, 0.3) is 0 Å². The van der Waals surface area contributed by atoms with Crippen molar-refractivity contribution in [3.05, 3.63) is 28.5 Å². The summed E-state index contributed by atoms with van der Waals surface area (Å²) in [6.07, 6.45) is 2.52. The van der Waals surface area contributed by atoms with Crippen LogP contribution in [0.4, 0.5) is 0 Å². The fourth-order valence-electron chi connectivity index (χ4n) is 2.60. The first-order chi connectivity index (χ1) is 9.97. The predicted molar refractivity (Wildman–Crippen MR) is 85.9 cm³/mol. The summed E-state index contributed by atoms with van der Waals surface area (Å²) in [7, 11) is 0. The van der Waals surface area contributed by atoms with Crippen LogP contribution in [0.2, 0.25) is 5.15 Å². The van der Waals surface area contributed by atoms with Crippen LogP contribution in [0.3, 0.4) is 0 Å². The number of rotatable bonds is 5. The third-order valence-electron chi connectivity index (χ3n) is 3.99. The normalized spacial score (nSPS) is 17.2. The van der Waals surface area contributed by atoms with Crippen molar-refractivity contribution in [3.8, 4) is 0 Å². The van der Waals surface area contributed by atoms with Crippen molar-refractivity contribution >= 4 is 17.5 Å². The molecule has 1 atom stereocenters. The number of nitrogens with one attached hydrogen (secondary N) is 1. The molecule has 1 N–H and O–H groups in total. The van der Waals surface area contributed by atoms with Crippen molar-refractivity contribution in [2.45, 2.75) is 45.6 Å². The Morgan fingerprint density at radius 1 is 1.33 bits per heavy atom. The van der Waals surface area contributed by atoms with Crippen molar-refractivity contribution in [2.24, 2.45) is 0 Å². The zero-order chi connectivity index (χ0) is 15.4. The number of likely N-dealkylation sites (tertiary alicyclic amines) is 1. The molecule has 1 saturated heterocycles. The zero-order valence-corrected chi connectivity index (χ0v) is 13.8. The van der Waals surface area contributed by atoms with Gasteiger partial charge in [-0.05, 0) is 50.9 Å². The molecule has 1 aliphatic heterocycles. The lowest BCUT2D eigenvalue weighted by Gasteiger charge is -2.23. The van der Waals surface area contributed by atoms with Gasteiger partial charge in [0, 0.05) is 23.8 Å². The molecular formula is C16H24ClN3O. The third kappa shape index (κ3) is 4.42. The van der Waals surface area contributed by atoms with E-state index < -0.39 is 0 Å². The van der Waals surface area contributed by atoms with E-state index in [0.717, 1.165) is 18.8 Å². The smallest absolute Gasteiger partial charge is 0.251 e. The second-order valence-electron chi connectivity index (χ2n) is 6.06. The maximum Gasteiger partial charge on any atom is 0.251 e. The number of aromatic nitrogens is 1. The van der Waals surface area contributed by atoms with Gasteiger partial charge < -0.3 is 5.32 Å². The summed E-state index contributed by atoms with van der Waals surface area (Å²) >= 11 is 6.01. The zero-order valence-electron chi connectivity index (χ0n) is 13.0. The third-order valence-corrected chi connectivity index (χ3v) is 4.18. The molecule has 5 heteroatoms. The van der Waals surface area contributed by atoms with Crippen molar-refractivity contribution in [1.82, 2.24) is 15.2 Å². The molecule has 1 fully saturated rings. The summed E-state index contributed by atoms with van der Waals surface area (Å²) in [5.74, 6) is 0.172. The van der Waals surface area contributed by atoms with E-state index in [4.69, 9.17) is 11.6 Å². The fraction of sp³-hybridized carbons (Fsp3) is 0.625. The summed E-state index contributed by atoms with van der Waals surface area (Å²) in [5.41, 5.74) is 1.44. The topological polar surface area (TPSA) is 45.2 Å². The quantitative estimate of drug-likeness (QED) is 0.850. The fourth-order valence-corrected chi connectivity index (χ4v) is 2.81. The molecule has 0 aromatic carbocycles. The molecule has 2 heterocycles. The number of halogens is 1. The SMILES string of the molecule is CC(C)c1cc(C(=O)NCC(C)N2CCCC2)cc(Cl)n1. The highest BCUT2D eigenvalue weighted by molar-refractivity contribution is 6.29. The van der Waals surface area contributed by atoms with Crippen LogP contribution in [0.15, 0.2) is 12.1 Å². The monoisotopic (exact) mass is 309 g/mol. The van der Waals surface area contributed by atoms with E-state index in [1.165, 1.54) is 12.8 Å². The minimum absolute atomic E-state index is 0.0766. The van der Waals surface area contributed by atoms with E-state index in [1.807, 2.05) is 19.9 Å². The van der Waals surface area contributed by atoms with Crippen molar-refractivity contribution in [1.29, 1.82) is 0 Å². The van der Waals surface area contributed by atoms with Crippen LogP contribution in [-0.2, 0) is 0 Å². The van der Waals surface area contributed by atoms with Crippen LogP contribution in [0.5, 0.6) is 0 Å². The maximum absolute atomic E-state index is 12.3. The Labute approximate surface area is 131 Å². The lowest BCUT2D eigenvalue weighted by atomic mass is 10.1. The first kappa shape index (κ1) is 16.2. The van der Waals surface area contributed by atoms with Crippen LogP contribution in [0.1, 0.15) is 55.6 Å². The predicted octanol–water partition coefficient (Wildman–Crippen LogP) is 3.07. The van der Waals surface area contributed by atoms with E-state index in [-0.39, 0.29) is 11.8 Å². The van der Waals surface area contributed by atoms with Crippen LogP contribution < -0.4 is 5.32 Å². The Morgan fingerprint density at radius 3 is 2.62 bits per heavy atom. The van der Waals surface area contributed by atoms with Gasteiger partial charge in [0.15, 0.2) is 0 Å².